The van der Waals surface area contributed by atoms with Crippen molar-refractivity contribution >= 4 is 0 Å². The number of benzene rings is 1. The number of aryl methyl sites for hydroxylation is 1. The molecular weight excluding hydrogens is 232 g/mol. The number of hydrogen-bond donors (Lipinski definition) is 1. The zero-order chi connectivity index (χ0) is 13.9. The van der Waals surface area contributed by atoms with E-state index in [4.69, 9.17) is 0 Å². The molecule has 1 fully saturated rings. The van der Waals surface area contributed by atoms with Crippen molar-refractivity contribution in [3.63, 3.8) is 0 Å². The van der Waals surface area contributed by atoms with Gasteiger partial charge in [0.1, 0.15) is 0 Å². The fourth-order valence-electron chi connectivity index (χ4n) is 3.77. The molecule has 0 radical (unpaired) electrons. The van der Waals surface area contributed by atoms with Crippen molar-refractivity contribution in [3.8, 4) is 0 Å². The molecule has 0 bridgehead atoms. The fourth-order valence-corrected chi connectivity index (χ4v) is 3.77. The Morgan fingerprint density at radius 1 is 1.16 bits per heavy atom. The Labute approximate surface area is 118 Å². The lowest BCUT2D eigenvalue weighted by molar-refractivity contribution is -0.0945. The molecule has 2 atom stereocenters. The molecule has 1 aliphatic carbocycles. The topological polar surface area (TPSA) is 20.2 Å². The van der Waals surface area contributed by atoms with Crippen LogP contribution in [0, 0.1) is 11.3 Å². The maximum Gasteiger partial charge on any atom is 0.0684 e. The predicted molar refractivity (Wildman–Crippen MR) is 81.1 cm³/mol. The van der Waals surface area contributed by atoms with E-state index in [9.17, 15) is 5.11 Å². The van der Waals surface area contributed by atoms with Gasteiger partial charge in [0.2, 0.25) is 0 Å². The molecule has 0 amide bonds. The average molecular weight is 260 g/mol. The third-order valence-corrected chi connectivity index (χ3v) is 4.74. The van der Waals surface area contributed by atoms with Crippen LogP contribution in [0.2, 0.25) is 0 Å². The smallest absolute Gasteiger partial charge is 0.0684 e. The minimum Gasteiger partial charge on any atom is -0.390 e. The van der Waals surface area contributed by atoms with E-state index in [1.54, 1.807) is 0 Å². The molecule has 1 nitrogen and oxygen atoms in total. The quantitative estimate of drug-likeness (QED) is 0.843. The lowest BCUT2D eigenvalue weighted by Gasteiger charge is -2.47. The largest absolute Gasteiger partial charge is 0.390 e. The van der Waals surface area contributed by atoms with Gasteiger partial charge in [0.15, 0.2) is 0 Å². The van der Waals surface area contributed by atoms with E-state index >= 15 is 0 Å². The van der Waals surface area contributed by atoms with Crippen molar-refractivity contribution < 1.29 is 5.11 Å². The molecule has 1 aromatic rings. The maximum atomic E-state index is 11.1. The van der Waals surface area contributed by atoms with Crippen LogP contribution in [0.3, 0.4) is 0 Å². The highest BCUT2D eigenvalue weighted by atomic mass is 16.3. The Morgan fingerprint density at radius 3 is 2.47 bits per heavy atom. The molecule has 0 spiro atoms. The predicted octanol–water partition coefficient (Wildman–Crippen LogP) is 4.59. The zero-order valence-corrected chi connectivity index (χ0v) is 12.7. The average Bonchev–Trinajstić information content (AvgIpc) is 2.37. The van der Waals surface area contributed by atoms with Gasteiger partial charge < -0.3 is 5.11 Å². The van der Waals surface area contributed by atoms with Crippen LogP contribution in [0.4, 0.5) is 0 Å². The maximum absolute atomic E-state index is 11.1. The van der Waals surface area contributed by atoms with Crippen LogP contribution >= 0.6 is 0 Å². The molecule has 0 saturated heterocycles. The lowest BCUT2D eigenvalue weighted by Crippen LogP contribution is -2.47. The molecular formula is C18H28O. The van der Waals surface area contributed by atoms with Crippen molar-refractivity contribution in [1.82, 2.24) is 0 Å². The number of hydrogen-bond acceptors (Lipinski definition) is 1. The molecule has 0 aliphatic heterocycles. The second kappa shape index (κ2) is 5.66. The summed E-state index contributed by atoms with van der Waals surface area (Å²) in [7, 11) is 0. The summed E-state index contributed by atoms with van der Waals surface area (Å²) in [4.78, 5) is 0. The third kappa shape index (κ3) is 3.60. The summed E-state index contributed by atoms with van der Waals surface area (Å²) in [5, 5.41) is 11.1. The molecule has 1 N–H and O–H groups in total. The van der Waals surface area contributed by atoms with E-state index in [0.29, 0.717) is 5.92 Å². The first kappa shape index (κ1) is 14.6. The highest BCUT2D eigenvalue weighted by Gasteiger charge is 2.44. The Kier molecular flexibility index (Phi) is 4.35. The van der Waals surface area contributed by atoms with Crippen molar-refractivity contribution in [2.45, 2.75) is 64.9 Å². The molecule has 1 heteroatoms. The van der Waals surface area contributed by atoms with Crippen molar-refractivity contribution in [2.24, 2.45) is 11.3 Å². The molecule has 1 aliphatic rings. The molecule has 1 saturated carbocycles. The highest BCUT2D eigenvalue weighted by molar-refractivity contribution is 5.15. The fraction of sp³-hybridized carbons (Fsp3) is 0.667. The van der Waals surface area contributed by atoms with Crippen LogP contribution in [-0.2, 0) is 6.42 Å². The Bertz CT molecular complexity index is 390. The van der Waals surface area contributed by atoms with E-state index in [0.717, 1.165) is 19.3 Å². The van der Waals surface area contributed by atoms with Crippen molar-refractivity contribution in [3.05, 3.63) is 35.9 Å². The van der Waals surface area contributed by atoms with E-state index in [1.165, 1.54) is 24.8 Å². The first-order valence-electron chi connectivity index (χ1n) is 7.68. The summed E-state index contributed by atoms with van der Waals surface area (Å²) in [5.41, 5.74) is 1.08. The summed E-state index contributed by atoms with van der Waals surface area (Å²) in [5.74, 6) is 0.428. The molecule has 106 valence electrons. The SMILES string of the molecule is CC(C)(C)C1CCCCC1(O)CCc1ccccc1. The van der Waals surface area contributed by atoms with Gasteiger partial charge in [0.25, 0.3) is 0 Å². The van der Waals surface area contributed by atoms with E-state index in [2.05, 4.69) is 51.1 Å². The Morgan fingerprint density at radius 2 is 1.84 bits per heavy atom. The third-order valence-electron chi connectivity index (χ3n) is 4.74. The monoisotopic (exact) mass is 260 g/mol. The van der Waals surface area contributed by atoms with Crippen molar-refractivity contribution in [2.75, 3.05) is 0 Å². The number of aliphatic hydroxyl groups is 1. The van der Waals surface area contributed by atoms with Crippen LogP contribution in [0.25, 0.3) is 0 Å². The van der Waals surface area contributed by atoms with Crippen LogP contribution in [0.15, 0.2) is 30.3 Å². The van der Waals surface area contributed by atoms with E-state index < -0.39 is 5.60 Å². The Hall–Kier alpha value is -0.820. The van der Waals surface area contributed by atoms with E-state index in [1.807, 2.05) is 0 Å². The lowest BCUT2D eigenvalue weighted by atomic mass is 9.62. The molecule has 1 aromatic carbocycles. The summed E-state index contributed by atoms with van der Waals surface area (Å²) in [6.07, 6.45) is 6.49. The second-order valence-corrected chi connectivity index (χ2v) is 7.25. The van der Waals surface area contributed by atoms with Gasteiger partial charge in [0.05, 0.1) is 5.60 Å². The van der Waals surface area contributed by atoms with Crippen LogP contribution in [-0.4, -0.2) is 10.7 Å². The van der Waals surface area contributed by atoms with Crippen LogP contribution < -0.4 is 0 Å². The van der Waals surface area contributed by atoms with Gasteiger partial charge in [-0.1, -0.05) is 63.9 Å². The van der Waals surface area contributed by atoms with Crippen LogP contribution in [0.5, 0.6) is 0 Å². The first-order chi connectivity index (χ1) is 8.92. The Balaban J connectivity index is 2.06. The summed E-state index contributed by atoms with van der Waals surface area (Å²) in [6.45, 7) is 6.82. The van der Waals surface area contributed by atoms with E-state index in [-0.39, 0.29) is 5.41 Å². The number of rotatable bonds is 3. The normalized spacial score (nSPS) is 28.3. The van der Waals surface area contributed by atoms with Gasteiger partial charge in [0, 0.05) is 0 Å². The molecule has 19 heavy (non-hydrogen) atoms. The zero-order valence-electron chi connectivity index (χ0n) is 12.7. The first-order valence-corrected chi connectivity index (χ1v) is 7.68. The second-order valence-electron chi connectivity index (χ2n) is 7.25. The van der Waals surface area contributed by atoms with Gasteiger partial charge in [-0.15, -0.1) is 0 Å². The minimum atomic E-state index is -0.466. The van der Waals surface area contributed by atoms with Gasteiger partial charge in [-0.25, -0.2) is 0 Å². The molecule has 2 rings (SSSR count). The van der Waals surface area contributed by atoms with Gasteiger partial charge >= 0.3 is 0 Å². The summed E-state index contributed by atoms with van der Waals surface area (Å²) >= 11 is 0. The highest BCUT2D eigenvalue weighted by Crippen LogP contribution is 2.46. The summed E-state index contributed by atoms with van der Waals surface area (Å²) in [6, 6.07) is 10.6. The van der Waals surface area contributed by atoms with Gasteiger partial charge in [-0.05, 0) is 42.6 Å². The minimum absolute atomic E-state index is 0.200. The molecule has 0 heterocycles. The molecule has 2 unspecified atom stereocenters. The standard InChI is InChI=1S/C18H28O/c1-17(2,3)16-11-7-8-13-18(16,19)14-12-15-9-5-4-6-10-15/h4-6,9-10,16,19H,7-8,11-14H2,1-3H3. The van der Waals surface area contributed by atoms with Gasteiger partial charge in [-0.2, -0.15) is 0 Å². The van der Waals surface area contributed by atoms with Crippen molar-refractivity contribution in [1.29, 1.82) is 0 Å². The molecule has 0 aromatic heterocycles. The van der Waals surface area contributed by atoms with Gasteiger partial charge in [-0.3, -0.25) is 0 Å². The summed E-state index contributed by atoms with van der Waals surface area (Å²) < 4.78 is 0. The van der Waals surface area contributed by atoms with Crippen LogP contribution in [0.1, 0.15) is 58.4 Å².